The summed E-state index contributed by atoms with van der Waals surface area (Å²) in [6.45, 7) is 3.87. The molecule has 0 saturated heterocycles. The Labute approximate surface area is 126 Å². The number of hydrogen-bond donors (Lipinski definition) is 1. The Bertz CT molecular complexity index is 879. The van der Waals surface area contributed by atoms with Crippen molar-refractivity contribution >= 4 is 11.0 Å². The lowest BCUT2D eigenvalue weighted by Crippen LogP contribution is -2.01. The Hall–Kier alpha value is -3.01. The van der Waals surface area contributed by atoms with Crippen molar-refractivity contribution in [3.8, 4) is 22.8 Å². The zero-order valence-corrected chi connectivity index (χ0v) is 11.8. The van der Waals surface area contributed by atoms with E-state index in [9.17, 15) is 9.90 Å². The minimum Gasteiger partial charge on any atom is -0.507 e. The lowest BCUT2D eigenvalue weighted by molar-refractivity contribution is 0.360. The van der Waals surface area contributed by atoms with Crippen LogP contribution in [0.1, 0.15) is 0 Å². The molecule has 0 bridgehead atoms. The quantitative estimate of drug-likeness (QED) is 0.745. The Balaban J connectivity index is 2.19. The zero-order valence-electron chi connectivity index (χ0n) is 11.8. The van der Waals surface area contributed by atoms with Gasteiger partial charge in [0.1, 0.15) is 34.8 Å². The summed E-state index contributed by atoms with van der Waals surface area (Å²) in [7, 11) is 0. The Morgan fingerprint density at radius 2 is 1.95 bits per heavy atom. The molecule has 0 aliphatic rings. The van der Waals surface area contributed by atoms with E-state index in [-0.39, 0.29) is 22.1 Å². The van der Waals surface area contributed by atoms with Crippen LogP contribution >= 0.6 is 0 Å². The van der Waals surface area contributed by atoms with Gasteiger partial charge in [-0.3, -0.25) is 4.79 Å². The maximum absolute atomic E-state index is 12.2. The van der Waals surface area contributed by atoms with Gasteiger partial charge in [0.2, 0.25) is 0 Å². The summed E-state index contributed by atoms with van der Waals surface area (Å²) in [5, 5.41) is 10.2. The van der Waals surface area contributed by atoms with Crippen LogP contribution in [-0.4, -0.2) is 11.7 Å². The van der Waals surface area contributed by atoms with E-state index in [1.807, 2.05) is 30.3 Å². The van der Waals surface area contributed by atoms with Crippen molar-refractivity contribution < 1.29 is 14.3 Å². The van der Waals surface area contributed by atoms with Crippen molar-refractivity contribution in [2.45, 2.75) is 0 Å². The van der Waals surface area contributed by atoms with Crippen molar-refractivity contribution in [1.82, 2.24) is 0 Å². The summed E-state index contributed by atoms with van der Waals surface area (Å²) in [6.07, 6.45) is 1.60. The number of ether oxygens (including phenoxy) is 1. The summed E-state index contributed by atoms with van der Waals surface area (Å²) in [4.78, 5) is 12.2. The van der Waals surface area contributed by atoms with Crippen LogP contribution in [0.15, 0.2) is 70.4 Å². The third-order valence-corrected chi connectivity index (χ3v) is 3.21. The van der Waals surface area contributed by atoms with Gasteiger partial charge in [0.15, 0.2) is 5.43 Å². The molecule has 4 heteroatoms. The lowest BCUT2D eigenvalue weighted by Gasteiger charge is -2.08. The zero-order chi connectivity index (χ0) is 15.5. The maximum atomic E-state index is 12.2. The molecule has 0 amide bonds. The van der Waals surface area contributed by atoms with Gasteiger partial charge < -0.3 is 14.3 Å². The fourth-order valence-corrected chi connectivity index (χ4v) is 2.23. The molecule has 110 valence electrons. The van der Waals surface area contributed by atoms with E-state index in [1.165, 1.54) is 12.1 Å². The smallest absolute Gasteiger partial charge is 0.197 e. The number of rotatable bonds is 4. The van der Waals surface area contributed by atoms with Crippen molar-refractivity contribution in [1.29, 1.82) is 0 Å². The van der Waals surface area contributed by atoms with Gasteiger partial charge in [-0.1, -0.05) is 43.0 Å². The van der Waals surface area contributed by atoms with Crippen LogP contribution in [0.4, 0.5) is 0 Å². The van der Waals surface area contributed by atoms with Gasteiger partial charge in [-0.05, 0) is 0 Å². The predicted molar refractivity (Wildman–Crippen MR) is 85.3 cm³/mol. The van der Waals surface area contributed by atoms with Gasteiger partial charge in [0, 0.05) is 23.8 Å². The number of aromatic hydroxyl groups is 1. The van der Waals surface area contributed by atoms with Gasteiger partial charge in [0.25, 0.3) is 0 Å². The number of phenolic OH excluding ortho intramolecular Hbond substituents is 1. The van der Waals surface area contributed by atoms with Crippen LogP contribution in [0.5, 0.6) is 11.5 Å². The molecule has 0 spiro atoms. The molecule has 0 radical (unpaired) electrons. The highest BCUT2D eigenvalue weighted by Crippen LogP contribution is 2.30. The van der Waals surface area contributed by atoms with E-state index in [1.54, 1.807) is 12.1 Å². The van der Waals surface area contributed by atoms with E-state index in [4.69, 9.17) is 9.15 Å². The molecule has 0 atom stereocenters. The summed E-state index contributed by atoms with van der Waals surface area (Å²) in [6, 6.07) is 13.7. The third-order valence-electron chi connectivity index (χ3n) is 3.21. The first kappa shape index (κ1) is 13.9. The Morgan fingerprint density at radius 1 is 1.18 bits per heavy atom. The van der Waals surface area contributed by atoms with E-state index >= 15 is 0 Å². The average Bonchev–Trinajstić information content (AvgIpc) is 2.53. The van der Waals surface area contributed by atoms with Crippen LogP contribution in [-0.2, 0) is 0 Å². The van der Waals surface area contributed by atoms with Gasteiger partial charge in [0.05, 0.1) is 0 Å². The monoisotopic (exact) mass is 294 g/mol. The fourth-order valence-electron chi connectivity index (χ4n) is 2.23. The largest absolute Gasteiger partial charge is 0.507 e. The van der Waals surface area contributed by atoms with Crippen LogP contribution < -0.4 is 10.2 Å². The van der Waals surface area contributed by atoms with Gasteiger partial charge >= 0.3 is 0 Å². The second-order valence-corrected chi connectivity index (χ2v) is 4.76. The summed E-state index contributed by atoms with van der Waals surface area (Å²) >= 11 is 0. The molecule has 4 nitrogen and oxygen atoms in total. The Kier molecular flexibility index (Phi) is 3.66. The first-order chi connectivity index (χ1) is 10.7. The van der Waals surface area contributed by atoms with Crippen molar-refractivity contribution in [3.63, 3.8) is 0 Å². The predicted octanol–water partition coefficient (Wildman–Crippen LogP) is 3.73. The Morgan fingerprint density at radius 3 is 2.68 bits per heavy atom. The molecule has 0 saturated carbocycles. The van der Waals surface area contributed by atoms with Crippen LogP contribution in [0, 0.1) is 0 Å². The molecule has 0 aliphatic heterocycles. The van der Waals surface area contributed by atoms with Crippen molar-refractivity contribution in [2.75, 3.05) is 6.61 Å². The molecule has 0 unspecified atom stereocenters. The molecular weight excluding hydrogens is 280 g/mol. The molecule has 3 aromatic rings. The molecule has 1 N–H and O–H groups in total. The molecule has 2 aromatic carbocycles. The molecule has 0 fully saturated rings. The van der Waals surface area contributed by atoms with E-state index in [0.29, 0.717) is 18.1 Å². The molecule has 1 heterocycles. The number of hydrogen-bond acceptors (Lipinski definition) is 4. The topological polar surface area (TPSA) is 59.7 Å². The highest BCUT2D eigenvalue weighted by Gasteiger charge is 2.12. The normalized spacial score (nSPS) is 10.5. The minimum atomic E-state index is -0.298. The average molecular weight is 294 g/mol. The summed E-state index contributed by atoms with van der Waals surface area (Å²) < 4.78 is 11.2. The van der Waals surface area contributed by atoms with Crippen molar-refractivity contribution in [2.24, 2.45) is 0 Å². The summed E-state index contributed by atoms with van der Waals surface area (Å²) in [5.74, 6) is 0.696. The SMILES string of the molecule is C=CCOc1cc(O)c2c(=O)cc(-c3ccccc3)oc2c1. The molecule has 3 rings (SSSR count). The third kappa shape index (κ3) is 2.59. The second kappa shape index (κ2) is 5.77. The number of fused-ring (bicyclic) bond motifs is 1. The van der Waals surface area contributed by atoms with Gasteiger partial charge in [-0.25, -0.2) is 0 Å². The molecule has 1 aromatic heterocycles. The van der Waals surface area contributed by atoms with Gasteiger partial charge in [-0.15, -0.1) is 0 Å². The van der Waals surface area contributed by atoms with E-state index < -0.39 is 0 Å². The first-order valence-corrected chi connectivity index (χ1v) is 6.79. The minimum absolute atomic E-state index is 0.144. The molecule has 22 heavy (non-hydrogen) atoms. The summed E-state index contributed by atoms with van der Waals surface area (Å²) in [5.41, 5.74) is 0.775. The van der Waals surface area contributed by atoms with Crippen molar-refractivity contribution in [3.05, 3.63) is 71.4 Å². The highest BCUT2D eigenvalue weighted by molar-refractivity contribution is 5.86. The van der Waals surface area contributed by atoms with E-state index in [0.717, 1.165) is 5.56 Å². The first-order valence-electron chi connectivity index (χ1n) is 6.79. The van der Waals surface area contributed by atoms with Crippen LogP contribution in [0.25, 0.3) is 22.3 Å². The number of benzene rings is 2. The fraction of sp³-hybridized carbons (Fsp3) is 0.0556. The maximum Gasteiger partial charge on any atom is 0.197 e. The highest BCUT2D eigenvalue weighted by atomic mass is 16.5. The van der Waals surface area contributed by atoms with Gasteiger partial charge in [-0.2, -0.15) is 0 Å². The molecule has 0 aliphatic carbocycles. The second-order valence-electron chi connectivity index (χ2n) is 4.76. The number of phenols is 1. The van der Waals surface area contributed by atoms with Crippen LogP contribution in [0.3, 0.4) is 0 Å². The van der Waals surface area contributed by atoms with E-state index in [2.05, 4.69) is 6.58 Å². The van der Waals surface area contributed by atoms with Crippen LogP contribution in [0.2, 0.25) is 0 Å². The standard InChI is InChI=1S/C18H14O4/c1-2-8-21-13-9-14(19)18-15(20)11-16(22-17(18)10-13)12-6-4-3-5-7-12/h2-7,9-11,19H,1,8H2. The lowest BCUT2D eigenvalue weighted by atomic mass is 10.1. The molecular formula is C18H14O4.